The van der Waals surface area contributed by atoms with Gasteiger partial charge in [-0.3, -0.25) is 4.90 Å². The third kappa shape index (κ3) is 5.76. The average molecular weight is 448 g/mol. The molecule has 32 heavy (non-hydrogen) atoms. The molecule has 9 nitrogen and oxygen atoms in total. The Morgan fingerprint density at radius 1 is 1.16 bits per heavy atom. The fourth-order valence-corrected chi connectivity index (χ4v) is 4.35. The number of nitrogens with zero attached hydrogens (tertiary/aromatic N) is 2. The van der Waals surface area contributed by atoms with E-state index in [1.165, 1.54) is 0 Å². The Kier molecular flexibility index (Phi) is 6.64. The topological polar surface area (TPSA) is 89.6 Å². The number of carbonyl (C=O) groups is 2. The van der Waals surface area contributed by atoms with Gasteiger partial charge in [-0.05, 0) is 52.3 Å². The number of rotatable bonds is 5. The van der Waals surface area contributed by atoms with E-state index in [4.69, 9.17) is 18.9 Å². The van der Waals surface area contributed by atoms with Gasteiger partial charge in [0, 0.05) is 19.1 Å². The number of alkyl carbamates (subject to hydrolysis) is 1. The molecule has 2 saturated heterocycles. The molecule has 4 rings (SSSR count). The first kappa shape index (κ1) is 22.5. The molecule has 0 radical (unpaired) electrons. The number of fused-ring (bicyclic) bond motifs is 1. The second-order valence-corrected chi connectivity index (χ2v) is 9.59. The summed E-state index contributed by atoms with van der Waals surface area (Å²) >= 11 is 0. The number of hydrogen-bond acceptors (Lipinski definition) is 7. The smallest absolute Gasteiger partial charge is 0.410 e. The minimum Gasteiger partial charge on any atom is -0.486 e. The summed E-state index contributed by atoms with van der Waals surface area (Å²) in [5.74, 6) is 1.56. The molecule has 0 aromatic heterocycles. The van der Waals surface area contributed by atoms with E-state index in [2.05, 4.69) is 10.2 Å². The van der Waals surface area contributed by atoms with Gasteiger partial charge in [0.15, 0.2) is 11.5 Å². The zero-order valence-electron chi connectivity index (χ0n) is 19.0. The van der Waals surface area contributed by atoms with E-state index in [1.807, 2.05) is 45.0 Å². The van der Waals surface area contributed by atoms with E-state index < -0.39 is 11.7 Å². The molecule has 3 atom stereocenters. The molecule has 0 saturated carbocycles. The summed E-state index contributed by atoms with van der Waals surface area (Å²) in [6, 6.07) is 7.79. The Bertz CT molecular complexity index is 826. The Morgan fingerprint density at radius 2 is 1.94 bits per heavy atom. The molecule has 3 heterocycles. The lowest BCUT2D eigenvalue weighted by atomic mass is 10.0. The normalized spacial score (nSPS) is 25.9. The highest BCUT2D eigenvalue weighted by Gasteiger charge is 2.38. The van der Waals surface area contributed by atoms with Crippen molar-refractivity contribution in [2.24, 2.45) is 0 Å². The average Bonchev–Trinajstić information content (AvgIpc) is 3.12. The summed E-state index contributed by atoms with van der Waals surface area (Å²) in [6.45, 7) is 9.11. The second kappa shape index (κ2) is 9.44. The Labute approximate surface area is 188 Å². The molecule has 2 fully saturated rings. The van der Waals surface area contributed by atoms with Gasteiger partial charge >= 0.3 is 12.2 Å². The predicted octanol–water partition coefficient (Wildman–Crippen LogP) is 2.64. The molecule has 3 aliphatic heterocycles. The molecule has 3 aliphatic rings. The van der Waals surface area contributed by atoms with Gasteiger partial charge in [-0.1, -0.05) is 12.1 Å². The maximum Gasteiger partial charge on any atom is 0.410 e. The SMILES string of the molecule is CC(C)(C)OC(=O)NCC1CN([C@H]2CCCN(C[C@H]3COc4ccccc4O3)C2)C(=O)O1. The van der Waals surface area contributed by atoms with Crippen LogP contribution in [0.25, 0.3) is 0 Å². The fourth-order valence-electron chi connectivity index (χ4n) is 4.35. The van der Waals surface area contributed by atoms with Crippen molar-refractivity contribution >= 4 is 12.2 Å². The van der Waals surface area contributed by atoms with E-state index in [0.29, 0.717) is 13.2 Å². The molecule has 1 aromatic rings. The van der Waals surface area contributed by atoms with Crippen molar-refractivity contribution in [1.29, 1.82) is 0 Å². The summed E-state index contributed by atoms with van der Waals surface area (Å²) < 4.78 is 22.7. The molecule has 2 amide bonds. The van der Waals surface area contributed by atoms with Crippen LogP contribution in [0.3, 0.4) is 0 Å². The van der Waals surface area contributed by atoms with Crippen LogP contribution in [-0.2, 0) is 9.47 Å². The van der Waals surface area contributed by atoms with Gasteiger partial charge in [-0.15, -0.1) is 0 Å². The molecular formula is C23H33N3O6. The Balaban J connectivity index is 1.25. The highest BCUT2D eigenvalue weighted by Crippen LogP contribution is 2.31. The lowest BCUT2D eigenvalue weighted by Gasteiger charge is -2.38. The van der Waals surface area contributed by atoms with Crippen LogP contribution in [0, 0.1) is 0 Å². The van der Waals surface area contributed by atoms with Crippen molar-refractivity contribution in [2.45, 2.75) is 57.5 Å². The van der Waals surface area contributed by atoms with E-state index in [9.17, 15) is 9.59 Å². The van der Waals surface area contributed by atoms with Crippen molar-refractivity contribution in [3.05, 3.63) is 24.3 Å². The zero-order chi connectivity index (χ0) is 22.7. The molecular weight excluding hydrogens is 414 g/mol. The van der Waals surface area contributed by atoms with Gasteiger partial charge in [0.2, 0.25) is 0 Å². The van der Waals surface area contributed by atoms with Gasteiger partial charge in [0.05, 0.1) is 13.1 Å². The highest BCUT2D eigenvalue weighted by molar-refractivity contribution is 5.71. The van der Waals surface area contributed by atoms with Gasteiger partial charge in [0.25, 0.3) is 0 Å². The van der Waals surface area contributed by atoms with Crippen LogP contribution < -0.4 is 14.8 Å². The molecule has 1 N–H and O–H groups in total. The van der Waals surface area contributed by atoms with E-state index in [0.717, 1.165) is 44.0 Å². The predicted molar refractivity (Wildman–Crippen MR) is 117 cm³/mol. The largest absolute Gasteiger partial charge is 0.486 e. The van der Waals surface area contributed by atoms with Gasteiger partial charge in [0.1, 0.15) is 24.4 Å². The van der Waals surface area contributed by atoms with Crippen LogP contribution in [0.2, 0.25) is 0 Å². The lowest BCUT2D eigenvalue weighted by Crippen LogP contribution is -2.51. The molecule has 1 aromatic carbocycles. The van der Waals surface area contributed by atoms with Crippen LogP contribution in [0.4, 0.5) is 9.59 Å². The summed E-state index contributed by atoms with van der Waals surface area (Å²) in [6.07, 6.45) is 0.685. The first-order chi connectivity index (χ1) is 15.3. The summed E-state index contributed by atoms with van der Waals surface area (Å²) in [4.78, 5) is 28.5. The van der Waals surface area contributed by atoms with Crippen LogP contribution >= 0.6 is 0 Å². The molecule has 9 heteroatoms. The number of amides is 2. The number of para-hydroxylation sites is 2. The van der Waals surface area contributed by atoms with Gasteiger partial charge in [-0.25, -0.2) is 9.59 Å². The molecule has 1 unspecified atom stereocenters. The van der Waals surface area contributed by atoms with Crippen LogP contribution in [0.15, 0.2) is 24.3 Å². The van der Waals surface area contributed by atoms with E-state index >= 15 is 0 Å². The number of hydrogen-bond donors (Lipinski definition) is 1. The minimum absolute atomic E-state index is 0.0417. The monoisotopic (exact) mass is 447 g/mol. The maximum absolute atomic E-state index is 12.5. The van der Waals surface area contributed by atoms with Crippen molar-refractivity contribution < 1.29 is 28.5 Å². The quantitative estimate of drug-likeness (QED) is 0.742. The van der Waals surface area contributed by atoms with Gasteiger partial charge < -0.3 is 29.2 Å². The number of nitrogens with one attached hydrogen (secondary N) is 1. The fraction of sp³-hybridized carbons (Fsp3) is 0.652. The number of cyclic esters (lactones) is 1. The summed E-state index contributed by atoms with van der Waals surface area (Å²) in [7, 11) is 0. The van der Waals surface area contributed by atoms with Crippen molar-refractivity contribution in [3.63, 3.8) is 0 Å². The van der Waals surface area contributed by atoms with Crippen molar-refractivity contribution in [3.8, 4) is 11.5 Å². The molecule has 0 bridgehead atoms. The molecule has 0 aliphatic carbocycles. The van der Waals surface area contributed by atoms with Gasteiger partial charge in [-0.2, -0.15) is 0 Å². The van der Waals surface area contributed by atoms with Crippen molar-refractivity contribution in [1.82, 2.24) is 15.1 Å². The Hall–Kier alpha value is -2.68. The number of ether oxygens (including phenoxy) is 4. The van der Waals surface area contributed by atoms with Crippen LogP contribution in [0.1, 0.15) is 33.6 Å². The summed E-state index contributed by atoms with van der Waals surface area (Å²) in [5.41, 5.74) is -0.566. The number of benzene rings is 1. The number of likely N-dealkylation sites (tertiary alicyclic amines) is 1. The summed E-state index contributed by atoms with van der Waals surface area (Å²) in [5, 5.41) is 2.69. The standard InChI is InChI=1S/C23H33N3O6/c1-23(2,3)32-21(27)24-11-17-14-26(22(28)31-17)16-7-6-10-25(12-16)13-18-15-29-19-8-4-5-9-20(19)30-18/h4-5,8-9,16-18H,6-7,10-15H2,1-3H3,(H,24,27)/t16-,17?,18-/m0/s1. The highest BCUT2D eigenvalue weighted by atomic mass is 16.6. The zero-order valence-corrected chi connectivity index (χ0v) is 19.0. The third-order valence-electron chi connectivity index (χ3n) is 5.73. The molecule has 0 spiro atoms. The molecule has 176 valence electrons. The third-order valence-corrected chi connectivity index (χ3v) is 5.73. The maximum atomic E-state index is 12.5. The minimum atomic E-state index is -0.566. The first-order valence-corrected chi connectivity index (χ1v) is 11.3. The number of carbonyl (C=O) groups excluding carboxylic acids is 2. The first-order valence-electron chi connectivity index (χ1n) is 11.3. The lowest BCUT2D eigenvalue weighted by molar-refractivity contribution is 0.0393. The van der Waals surface area contributed by atoms with Crippen molar-refractivity contribution in [2.75, 3.05) is 39.3 Å². The van der Waals surface area contributed by atoms with E-state index in [1.54, 1.807) is 4.90 Å². The number of piperidine rings is 1. The van der Waals surface area contributed by atoms with E-state index in [-0.39, 0.29) is 30.9 Å². The van der Waals surface area contributed by atoms with Crippen LogP contribution in [-0.4, -0.2) is 85.2 Å². The second-order valence-electron chi connectivity index (χ2n) is 9.59. The Morgan fingerprint density at radius 3 is 2.72 bits per heavy atom. The van der Waals surface area contributed by atoms with Crippen LogP contribution in [0.5, 0.6) is 11.5 Å².